The summed E-state index contributed by atoms with van der Waals surface area (Å²) in [5.74, 6) is 0.200. The zero-order valence-corrected chi connectivity index (χ0v) is 24.9. The van der Waals surface area contributed by atoms with Gasteiger partial charge in [-0.1, -0.05) is 103 Å². The fourth-order valence-corrected chi connectivity index (χ4v) is 5.55. The van der Waals surface area contributed by atoms with Crippen molar-refractivity contribution in [3.05, 3.63) is 168 Å². The molecule has 46 heavy (non-hydrogen) atoms. The predicted molar refractivity (Wildman–Crippen MR) is 186 cm³/mol. The monoisotopic (exact) mass is 595 g/mol. The second-order valence-electron chi connectivity index (χ2n) is 10.9. The Morgan fingerprint density at radius 1 is 0.761 bits per heavy atom. The van der Waals surface area contributed by atoms with Crippen LogP contribution in [0.2, 0.25) is 0 Å². The van der Waals surface area contributed by atoms with E-state index in [2.05, 4.69) is 47.8 Å². The number of anilines is 2. The molecule has 6 nitrogen and oxygen atoms in total. The summed E-state index contributed by atoms with van der Waals surface area (Å²) in [7, 11) is 0. The third-order valence-electron chi connectivity index (χ3n) is 7.81. The molecule has 2 N–H and O–H groups in total. The zero-order chi connectivity index (χ0) is 31.3. The third-order valence-corrected chi connectivity index (χ3v) is 7.81. The summed E-state index contributed by atoms with van der Waals surface area (Å²) < 4.78 is 6.23. The molecule has 0 saturated carbocycles. The number of nitrogens with zero attached hydrogens (tertiary/aromatic N) is 3. The van der Waals surface area contributed by atoms with E-state index < -0.39 is 0 Å². The van der Waals surface area contributed by atoms with Crippen LogP contribution in [0.4, 0.5) is 11.4 Å². The average Bonchev–Trinajstić information content (AvgIpc) is 3.48. The van der Waals surface area contributed by atoms with E-state index in [4.69, 9.17) is 14.9 Å². The molecule has 220 valence electrons. The lowest BCUT2D eigenvalue weighted by molar-refractivity contribution is 0.439. The first-order valence-corrected chi connectivity index (χ1v) is 15.0. The van der Waals surface area contributed by atoms with Crippen LogP contribution >= 0.6 is 0 Å². The van der Waals surface area contributed by atoms with Gasteiger partial charge in [-0.3, -0.25) is 5.41 Å². The average molecular weight is 596 g/mol. The molecule has 0 fully saturated rings. The molecule has 0 aliphatic rings. The fourth-order valence-electron chi connectivity index (χ4n) is 5.55. The maximum atomic E-state index is 9.44. The quantitative estimate of drug-likeness (QED) is 0.104. The molecular weight excluding hydrogens is 566 g/mol. The minimum Gasteiger partial charge on any atom is -0.456 e. The Hall–Kier alpha value is -6.45. The predicted octanol–water partition coefficient (Wildman–Crippen LogP) is 9.73. The van der Waals surface area contributed by atoms with Gasteiger partial charge >= 0.3 is 0 Å². The number of nitriles is 1. The van der Waals surface area contributed by atoms with E-state index in [0.717, 1.165) is 55.6 Å². The van der Waals surface area contributed by atoms with Crippen LogP contribution in [0.1, 0.15) is 22.3 Å². The standard InChI is InChI=1S/C40H29N5O/c41-25-29-13-9-17-32(21-29)40(42)45(43-26-28-11-3-1-4-12-28)27-30-14-10-18-33(22-30)44-37-23-36-34-19-7-8-20-38(34)46-39(36)24-35(37)31-15-5-2-6-16-31/h1-24,26,42,44H,27H2/b42-40?,43-26+. The number of rotatable bonds is 8. The molecular formula is C40H29N5O. The van der Waals surface area contributed by atoms with Crippen molar-refractivity contribution >= 4 is 45.4 Å². The summed E-state index contributed by atoms with van der Waals surface area (Å²) in [4.78, 5) is 0. The molecule has 0 saturated heterocycles. The number of para-hydroxylation sites is 1. The zero-order valence-electron chi connectivity index (χ0n) is 24.9. The summed E-state index contributed by atoms with van der Waals surface area (Å²) in [5, 5.41) is 30.6. The Bertz CT molecular complexity index is 2250. The molecule has 0 unspecified atom stereocenters. The van der Waals surface area contributed by atoms with Gasteiger partial charge in [-0.25, -0.2) is 5.01 Å². The second kappa shape index (κ2) is 12.7. The van der Waals surface area contributed by atoms with Crippen molar-refractivity contribution in [3.63, 3.8) is 0 Å². The first kappa shape index (κ1) is 28.3. The number of benzene rings is 6. The van der Waals surface area contributed by atoms with Crippen molar-refractivity contribution in [3.8, 4) is 17.2 Å². The molecule has 6 aromatic carbocycles. The Balaban J connectivity index is 1.24. The largest absolute Gasteiger partial charge is 0.456 e. The smallest absolute Gasteiger partial charge is 0.148 e. The third kappa shape index (κ3) is 5.99. The lowest BCUT2D eigenvalue weighted by Gasteiger charge is -2.21. The van der Waals surface area contributed by atoms with Crippen molar-refractivity contribution in [1.29, 1.82) is 10.7 Å². The van der Waals surface area contributed by atoms with Gasteiger partial charge in [-0.2, -0.15) is 10.4 Å². The van der Waals surface area contributed by atoms with Crippen molar-refractivity contribution in [2.24, 2.45) is 5.10 Å². The van der Waals surface area contributed by atoms with Gasteiger partial charge in [0.25, 0.3) is 0 Å². The molecule has 1 heterocycles. The summed E-state index contributed by atoms with van der Waals surface area (Å²) in [6.45, 7) is 0.353. The number of fused-ring (bicyclic) bond motifs is 3. The molecule has 0 spiro atoms. The number of hydrogen-bond acceptors (Lipinski definition) is 5. The number of furan rings is 1. The van der Waals surface area contributed by atoms with Crippen molar-refractivity contribution < 1.29 is 4.42 Å². The Morgan fingerprint density at radius 3 is 2.35 bits per heavy atom. The van der Waals surface area contributed by atoms with Crippen LogP contribution in [0, 0.1) is 16.7 Å². The number of hydrogen-bond donors (Lipinski definition) is 2. The van der Waals surface area contributed by atoms with Crippen LogP contribution in [0.25, 0.3) is 33.1 Å². The van der Waals surface area contributed by atoms with Crippen molar-refractivity contribution in [1.82, 2.24) is 5.01 Å². The normalized spacial score (nSPS) is 11.1. The van der Waals surface area contributed by atoms with Crippen LogP contribution in [0.5, 0.6) is 0 Å². The minimum absolute atomic E-state index is 0.200. The van der Waals surface area contributed by atoms with E-state index in [1.165, 1.54) is 0 Å². The molecule has 0 aliphatic carbocycles. The lowest BCUT2D eigenvalue weighted by atomic mass is 10.0. The Kier molecular flexibility index (Phi) is 7.79. The lowest BCUT2D eigenvalue weighted by Crippen LogP contribution is -2.26. The number of hydrazone groups is 1. The van der Waals surface area contributed by atoms with E-state index >= 15 is 0 Å². The molecule has 0 radical (unpaired) electrons. The van der Waals surface area contributed by atoms with Gasteiger partial charge in [0.15, 0.2) is 0 Å². The highest BCUT2D eigenvalue weighted by atomic mass is 16.3. The summed E-state index contributed by atoms with van der Waals surface area (Å²) in [6.07, 6.45) is 1.75. The van der Waals surface area contributed by atoms with Crippen LogP contribution in [-0.2, 0) is 6.54 Å². The van der Waals surface area contributed by atoms with E-state index in [-0.39, 0.29) is 5.84 Å². The van der Waals surface area contributed by atoms with Crippen molar-refractivity contribution in [2.75, 3.05) is 5.32 Å². The Labute approximate surface area is 267 Å². The first-order valence-electron chi connectivity index (χ1n) is 15.0. The van der Waals surface area contributed by atoms with Crippen LogP contribution in [0.15, 0.2) is 155 Å². The molecule has 1 aromatic heterocycles. The van der Waals surface area contributed by atoms with Gasteiger partial charge in [0, 0.05) is 33.3 Å². The van der Waals surface area contributed by atoms with E-state index in [0.29, 0.717) is 17.7 Å². The van der Waals surface area contributed by atoms with Crippen LogP contribution in [-0.4, -0.2) is 17.1 Å². The van der Waals surface area contributed by atoms with Gasteiger partial charge in [-0.15, -0.1) is 0 Å². The number of amidine groups is 1. The topological polar surface area (TPSA) is 88.4 Å². The van der Waals surface area contributed by atoms with Gasteiger partial charge in [0.2, 0.25) is 0 Å². The number of nitrogens with one attached hydrogen (secondary N) is 2. The molecule has 0 atom stereocenters. The highest BCUT2D eigenvalue weighted by Crippen LogP contribution is 2.38. The molecule has 7 aromatic rings. The summed E-state index contributed by atoms with van der Waals surface area (Å²) in [6, 6.07) is 49.8. The second-order valence-corrected chi connectivity index (χ2v) is 10.9. The van der Waals surface area contributed by atoms with Gasteiger partial charge < -0.3 is 9.73 Å². The fraction of sp³-hybridized carbons (Fsp3) is 0.0250. The highest BCUT2D eigenvalue weighted by molar-refractivity contribution is 6.08. The Morgan fingerprint density at radius 2 is 1.52 bits per heavy atom. The highest BCUT2D eigenvalue weighted by Gasteiger charge is 2.15. The van der Waals surface area contributed by atoms with Gasteiger partial charge in [0.1, 0.15) is 17.0 Å². The molecule has 7 rings (SSSR count). The maximum Gasteiger partial charge on any atom is 0.148 e. The molecule has 0 amide bonds. The molecule has 6 heteroatoms. The van der Waals surface area contributed by atoms with E-state index in [9.17, 15) is 5.26 Å². The molecule has 0 bridgehead atoms. The van der Waals surface area contributed by atoms with E-state index in [1.807, 2.05) is 91.0 Å². The summed E-state index contributed by atoms with van der Waals surface area (Å²) >= 11 is 0. The van der Waals surface area contributed by atoms with Crippen LogP contribution in [0.3, 0.4) is 0 Å². The van der Waals surface area contributed by atoms with Crippen LogP contribution < -0.4 is 5.32 Å². The summed E-state index contributed by atoms with van der Waals surface area (Å²) in [5.41, 5.74) is 8.69. The maximum absolute atomic E-state index is 9.44. The van der Waals surface area contributed by atoms with E-state index in [1.54, 1.807) is 29.4 Å². The van der Waals surface area contributed by atoms with Gasteiger partial charge in [0.05, 0.1) is 24.4 Å². The molecule has 0 aliphatic heterocycles. The van der Waals surface area contributed by atoms with Gasteiger partial charge in [-0.05, 0) is 59.2 Å². The van der Waals surface area contributed by atoms with Crippen molar-refractivity contribution in [2.45, 2.75) is 6.54 Å². The minimum atomic E-state index is 0.200. The SMILES string of the molecule is N#Cc1cccc(C(=N)N(Cc2cccc(Nc3cc4c(cc3-c3ccccc3)oc3ccccc34)c2)/N=C/c2ccccc2)c1. The first-order chi connectivity index (χ1) is 22.6.